The number of aromatic nitrogens is 1. The standard InChI is InChI=1S/C19H20N2O6S/c1-4-18(16(22)23)7-10(2)8-19(9-18,17(24)25)15-20-12-5-6-13(21(26)27)11(3)14(12)28-15/h5-7H,4,8-9H2,1-3H3,(H,22,23)(H,24,25). The highest BCUT2D eigenvalue weighted by Gasteiger charge is 2.54. The van der Waals surface area contributed by atoms with Gasteiger partial charge in [-0.15, -0.1) is 11.3 Å². The largest absolute Gasteiger partial charge is 0.481 e. The summed E-state index contributed by atoms with van der Waals surface area (Å²) in [5, 5.41) is 31.5. The van der Waals surface area contributed by atoms with Crippen molar-refractivity contribution >= 4 is 39.2 Å². The molecule has 8 nitrogen and oxygen atoms in total. The van der Waals surface area contributed by atoms with Gasteiger partial charge in [0, 0.05) is 11.6 Å². The van der Waals surface area contributed by atoms with Crippen LogP contribution in [-0.4, -0.2) is 32.1 Å². The SMILES string of the molecule is CCC1(C(=O)O)C=C(C)CC(C(=O)O)(c2nc3ccc([N+](=O)[O-])c(C)c3s2)C1. The van der Waals surface area contributed by atoms with Crippen LogP contribution in [0.5, 0.6) is 0 Å². The summed E-state index contributed by atoms with van der Waals surface area (Å²) < 4.78 is 0.550. The second-order valence-corrected chi connectivity index (χ2v) is 8.38. The average Bonchev–Trinajstić information content (AvgIpc) is 3.06. The van der Waals surface area contributed by atoms with E-state index in [2.05, 4.69) is 4.98 Å². The molecule has 9 heteroatoms. The Labute approximate surface area is 164 Å². The zero-order valence-corrected chi connectivity index (χ0v) is 16.5. The normalized spacial score (nSPS) is 24.8. The van der Waals surface area contributed by atoms with Gasteiger partial charge in [0.05, 0.1) is 20.6 Å². The van der Waals surface area contributed by atoms with Crippen molar-refractivity contribution in [3.05, 3.63) is 44.5 Å². The number of rotatable bonds is 5. The van der Waals surface area contributed by atoms with Gasteiger partial charge in [0.2, 0.25) is 0 Å². The molecule has 0 spiro atoms. The molecule has 0 saturated carbocycles. The molecule has 1 aliphatic rings. The lowest BCUT2D eigenvalue weighted by Gasteiger charge is -2.40. The van der Waals surface area contributed by atoms with Gasteiger partial charge >= 0.3 is 11.9 Å². The van der Waals surface area contributed by atoms with Crippen molar-refractivity contribution in [2.45, 2.75) is 45.4 Å². The number of aliphatic carboxylic acids is 2. The Morgan fingerprint density at radius 3 is 2.50 bits per heavy atom. The fraction of sp³-hybridized carbons (Fsp3) is 0.421. The summed E-state index contributed by atoms with van der Waals surface area (Å²) in [4.78, 5) is 39.6. The van der Waals surface area contributed by atoms with Crippen molar-refractivity contribution in [1.29, 1.82) is 0 Å². The van der Waals surface area contributed by atoms with Crippen LogP contribution in [0, 0.1) is 22.5 Å². The summed E-state index contributed by atoms with van der Waals surface area (Å²) in [5.41, 5.74) is -1.25. The molecule has 0 radical (unpaired) electrons. The number of carbonyl (C=O) groups is 2. The zero-order chi connectivity index (χ0) is 20.9. The third-order valence-electron chi connectivity index (χ3n) is 5.57. The maximum atomic E-state index is 12.4. The van der Waals surface area contributed by atoms with Crippen LogP contribution in [-0.2, 0) is 15.0 Å². The second kappa shape index (κ2) is 6.66. The van der Waals surface area contributed by atoms with Crippen LogP contribution < -0.4 is 0 Å². The van der Waals surface area contributed by atoms with Gasteiger partial charge in [-0.1, -0.05) is 18.6 Å². The molecule has 2 N–H and O–H groups in total. The Balaban J connectivity index is 2.25. The van der Waals surface area contributed by atoms with Gasteiger partial charge < -0.3 is 10.2 Å². The van der Waals surface area contributed by atoms with Gasteiger partial charge in [0.1, 0.15) is 10.4 Å². The molecule has 28 heavy (non-hydrogen) atoms. The molecular formula is C19H20N2O6S. The van der Waals surface area contributed by atoms with E-state index in [0.717, 1.165) is 11.3 Å². The number of allylic oxidation sites excluding steroid dienone is 1. The number of nitro groups is 1. The summed E-state index contributed by atoms with van der Waals surface area (Å²) >= 11 is 1.10. The molecule has 0 fully saturated rings. The fourth-order valence-electron chi connectivity index (χ4n) is 4.08. The van der Waals surface area contributed by atoms with E-state index in [1.54, 1.807) is 26.8 Å². The first-order chi connectivity index (χ1) is 13.1. The summed E-state index contributed by atoms with van der Waals surface area (Å²) in [6.07, 6.45) is 1.95. The van der Waals surface area contributed by atoms with E-state index in [1.807, 2.05) is 0 Å². The maximum absolute atomic E-state index is 12.4. The number of nitro benzene ring substituents is 1. The summed E-state index contributed by atoms with van der Waals surface area (Å²) in [6, 6.07) is 2.86. The van der Waals surface area contributed by atoms with E-state index >= 15 is 0 Å². The molecule has 2 aromatic rings. The first-order valence-electron chi connectivity index (χ1n) is 8.76. The van der Waals surface area contributed by atoms with Crippen LogP contribution in [0.1, 0.15) is 43.7 Å². The fourth-order valence-corrected chi connectivity index (χ4v) is 5.32. The van der Waals surface area contributed by atoms with Crippen LogP contribution in [0.2, 0.25) is 0 Å². The molecule has 2 atom stereocenters. The minimum atomic E-state index is -1.49. The van der Waals surface area contributed by atoms with Crippen molar-refractivity contribution in [2.75, 3.05) is 0 Å². The first kappa shape index (κ1) is 19.9. The van der Waals surface area contributed by atoms with E-state index in [1.165, 1.54) is 12.1 Å². The van der Waals surface area contributed by atoms with E-state index in [9.17, 15) is 29.9 Å². The topological polar surface area (TPSA) is 131 Å². The highest BCUT2D eigenvalue weighted by molar-refractivity contribution is 7.19. The van der Waals surface area contributed by atoms with Crippen molar-refractivity contribution in [1.82, 2.24) is 4.98 Å². The number of hydrogen-bond donors (Lipinski definition) is 2. The number of aryl methyl sites for hydroxylation is 1. The van der Waals surface area contributed by atoms with Crippen LogP contribution >= 0.6 is 11.3 Å². The first-order valence-corrected chi connectivity index (χ1v) is 9.58. The molecular weight excluding hydrogens is 384 g/mol. The number of hydrogen-bond acceptors (Lipinski definition) is 6. The molecule has 0 aliphatic heterocycles. The van der Waals surface area contributed by atoms with Crippen molar-refractivity contribution in [3.8, 4) is 0 Å². The van der Waals surface area contributed by atoms with Crippen molar-refractivity contribution in [3.63, 3.8) is 0 Å². The molecule has 1 aromatic heterocycles. The van der Waals surface area contributed by atoms with E-state index in [0.29, 0.717) is 21.4 Å². The Kier molecular flexibility index (Phi) is 4.74. The summed E-state index contributed by atoms with van der Waals surface area (Å²) in [7, 11) is 0. The van der Waals surface area contributed by atoms with Gasteiger partial charge in [-0.3, -0.25) is 19.7 Å². The Morgan fingerprint density at radius 2 is 1.96 bits per heavy atom. The van der Waals surface area contributed by atoms with Gasteiger partial charge in [-0.05, 0) is 39.2 Å². The number of carboxylic acids is 2. The van der Waals surface area contributed by atoms with Gasteiger partial charge in [-0.25, -0.2) is 4.98 Å². The predicted octanol–water partition coefficient (Wildman–Crippen LogP) is 4.06. The Hall–Kier alpha value is -2.81. The minimum absolute atomic E-state index is 0.0553. The average molecular weight is 404 g/mol. The van der Waals surface area contributed by atoms with E-state index in [-0.39, 0.29) is 30.0 Å². The van der Waals surface area contributed by atoms with Gasteiger partial charge in [0.25, 0.3) is 5.69 Å². The predicted molar refractivity (Wildman–Crippen MR) is 104 cm³/mol. The molecule has 1 aliphatic carbocycles. The molecule has 0 saturated heterocycles. The molecule has 0 bridgehead atoms. The van der Waals surface area contributed by atoms with Crippen LogP contribution in [0.4, 0.5) is 5.69 Å². The number of benzene rings is 1. The minimum Gasteiger partial charge on any atom is -0.481 e. The number of nitrogens with zero attached hydrogens (tertiary/aromatic N) is 2. The summed E-state index contributed by atoms with van der Waals surface area (Å²) in [6.45, 7) is 5.06. The quantitative estimate of drug-likeness (QED) is 0.436. The van der Waals surface area contributed by atoms with E-state index < -0.39 is 27.7 Å². The molecule has 1 heterocycles. The lowest BCUT2D eigenvalue weighted by molar-refractivity contribution is -0.385. The monoisotopic (exact) mass is 404 g/mol. The van der Waals surface area contributed by atoms with Gasteiger partial charge in [0.15, 0.2) is 0 Å². The summed E-state index contributed by atoms with van der Waals surface area (Å²) in [5.74, 6) is -2.20. The maximum Gasteiger partial charge on any atom is 0.316 e. The van der Waals surface area contributed by atoms with Crippen LogP contribution in [0.25, 0.3) is 10.2 Å². The van der Waals surface area contributed by atoms with Crippen LogP contribution in [0.15, 0.2) is 23.8 Å². The second-order valence-electron chi connectivity index (χ2n) is 7.38. The van der Waals surface area contributed by atoms with Gasteiger partial charge in [-0.2, -0.15) is 0 Å². The smallest absolute Gasteiger partial charge is 0.316 e. The molecule has 3 rings (SSSR count). The lowest BCUT2D eigenvalue weighted by Crippen LogP contribution is -2.47. The Bertz CT molecular complexity index is 1040. The van der Waals surface area contributed by atoms with Crippen molar-refractivity contribution < 1.29 is 24.7 Å². The Morgan fingerprint density at radius 1 is 1.29 bits per heavy atom. The number of thiazole rings is 1. The highest BCUT2D eigenvalue weighted by Crippen LogP contribution is 2.51. The van der Waals surface area contributed by atoms with E-state index in [4.69, 9.17) is 0 Å². The third-order valence-corrected chi connectivity index (χ3v) is 6.96. The number of fused-ring (bicyclic) bond motifs is 1. The molecule has 148 valence electrons. The number of carboxylic acid groups (broad SMARTS) is 2. The lowest BCUT2D eigenvalue weighted by atomic mass is 9.62. The third kappa shape index (κ3) is 2.86. The highest BCUT2D eigenvalue weighted by atomic mass is 32.1. The zero-order valence-electron chi connectivity index (χ0n) is 15.7. The molecule has 2 unspecified atom stereocenters. The molecule has 1 aromatic carbocycles. The molecule has 0 amide bonds. The van der Waals surface area contributed by atoms with Crippen LogP contribution in [0.3, 0.4) is 0 Å². The van der Waals surface area contributed by atoms with Crippen molar-refractivity contribution in [2.24, 2.45) is 5.41 Å².